The molecule has 0 amide bonds. The van der Waals surface area contributed by atoms with Crippen LogP contribution >= 0.6 is 0 Å². The molecule has 0 spiro atoms. The van der Waals surface area contributed by atoms with E-state index in [1.165, 1.54) is 30.1 Å². The summed E-state index contributed by atoms with van der Waals surface area (Å²) in [5, 5.41) is 8.76. The van der Waals surface area contributed by atoms with Gasteiger partial charge in [0.2, 0.25) is 0 Å². The van der Waals surface area contributed by atoms with E-state index in [-0.39, 0.29) is 11.3 Å². The Hall–Kier alpha value is -1.85. The van der Waals surface area contributed by atoms with Gasteiger partial charge in [0, 0.05) is 7.05 Å². The molecule has 0 bridgehead atoms. The zero-order chi connectivity index (χ0) is 12.3. The van der Waals surface area contributed by atoms with Gasteiger partial charge in [0.05, 0.1) is 23.5 Å². The third-order valence-corrected chi connectivity index (χ3v) is 2.10. The van der Waals surface area contributed by atoms with Crippen LogP contribution in [0.5, 0.6) is 0 Å². The Bertz CT molecular complexity index is 396. The molecule has 4 nitrogen and oxygen atoms in total. The molecule has 0 saturated heterocycles. The van der Waals surface area contributed by atoms with Gasteiger partial charge in [-0.2, -0.15) is 0 Å². The van der Waals surface area contributed by atoms with Crippen LogP contribution in [-0.4, -0.2) is 31.1 Å². The molecule has 0 aliphatic carbocycles. The van der Waals surface area contributed by atoms with Crippen LogP contribution < -0.4 is 10.6 Å². The lowest BCUT2D eigenvalue weighted by atomic mass is 10.1. The molecule has 88 valence electrons. The van der Waals surface area contributed by atoms with Crippen molar-refractivity contribution in [3.8, 4) is 0 Å². The number of carbonyl (C=O) groups is 1. The maximum absolute atomic E-state index is 12.2. The molecular formula is C10H12F2N2O2. The van der Waals surface area contributed by atoms with Crippen molar-refractivity contribution in [2.24, 2.45) is 0 Å². The maximum atomic E-state index is 12.2. The standard InChI is InChI=1S/C10H12F2N2O2/c1-14(5-9(11)12)8-4-6(10(15)16)2-3-7(8)13/h2-4,9H,5,13H2,1H3,(H,15,16). The molecule has 0 unspecified atom stereocenters. The molecule has 3 N–H and O–H groups in total. The first-order valence-corrected chi connectivity index (χ1v) is 4.54. The molecule has 0 radical (unpaired) electrons. The van der Waals surface area contributed by atoms with Crippen molar-refractivity contribution in [3.63, 3.8) is 0 Å². The Morgan fingerprint density at radius 3 is 2.69 bits per heavy atom. The molecule has 0 aromatic heterocycles. The molecule has 1 rings (SSSR count). The van der Waals surface area contributed by atoms with E-state index in [2.05, 4.69) is 0 Å². The summed E-state index contributed by atoms with van der Waals surface area (Å²) in [7, 11) is 1.43. The Kier molecular flexibility index (Phi) is 3.65. The number of nitrogen functional groups attached to an aromatic ring is 1. The predicted octanol–water partition coefficient (Wildman–Crippen LogP) is 1.67. The lowest BCUT2D eigenvalue weighted by molar-refractivity contribution is 0.0697. The van der Waals surface area contributed by atoms with E-state index in [0.717, 1.165) is 0 Å². The van der Waals surface area contributed by atoms with Gasteiger partial charge in [-0.3, -0.25) is 0 Å². The third kappa shape index (κ3) is 2.82. The number of hydrogen-bond donors (Lipinski definition) is 2. The lowest BCUT2D eigenvalue weighted by Crippen LogP contribution is -2.25. The van der Waals surface area contributed by atoms with Crippen molar-refractivity contribution < 1.29 is 18.7 Å². The van der Waals surface area contributed by atoms with Crippen molar-refractivity contribution in [2.45, 2.75) is 6.43 Å². The van der Waals surface area contributed by atoms with Gasteiger partial charge in [-0.05, 0) is 18.2 Å². The first-order valence-electron chi connectivity index (χ1n) is 4.54. The molecule has 0 aliphatic rings. The lowest BCUT2D eigenvalue weighted by Gasteiger charge is -2.20. The average Bonchev–Trinajstić information content (AvgIpc) is 2.16. The van der Waals surface area contributed by atoms with E-state index >= 15 is 0 Å². The second-order valence-corrected chi connectivity index (χ2v) is 3.35. The minimum Gasteiger partial charge on any atom is -0.478 e. The molecule has 0 atom stereocenters. The van der Waals surface area contributed by atoms with Gasteiger partial charge >= 0.3 is 5.97 Å². The van der Waals surface area contributed by atoms with E-state index in [0.29, 0.717) is 5.69 Å². The third-order valence-electron chi connectivity index (χ3n) is 2.10. The Morgan fingerprint density at radius 1 is 1.56 bits per heavy atom. The van der Waals surface area contributed by atoms with Gasteiger partial charge in [0.1, 0.15) is 0 Å². The molecule has 16 heavy (non-hydrogen) atoms. The minimum atomic E-state index is -2.50. The van der Waals surface area contributed by atoms with Crippen LogP contribution in [-0.2, 0) is 0 Å². The van der Waals surface area contributed by atoms with Crippen LogP contribution in [0.1, 0.15) is 10.4 Å². The monoisotopic (exact) mass is 230 g/mol. The number of anilines is 2. The van der Waals surface area contributed by atoms with Gasteiger partial charge < -0.3 is 15.7 Å². The quantitative estimate of drug-likeness (QED) is 0.772. The first-order chi connectivity index (χ1) is 7.41. The van der Waals surface area contributed by atoms with Gasteiger partial charge in [0.15, 0.2) is 0 Å². The Morgan fingerprint density at radius 2 is 2.19 bits per heavy atom. The van der Waals surface area contributed by atoms with Gasteiger partial charge in [-0.1, -0.05) is 0 Å². The second-order valence-electron chi connectivity index (χ2n) is 3.35. The number of rotatable bonds is 4. The summed E-state index contributed by atoms with van der Waals surface area (Å²) < 4.78 is 24.3. The molecule has 6 heteroatoms. The molecule has 0 fully saturated rings. The number of nitrogens with two attached hydrogens (primary N) is 1. The second kappa shape index (κ2) is 4.78. The number of halogens is 2. The van der Waals surface area contributed by atoms with E-state index in [9.17, 15) is 13.6 Å². The van der Waals surface area contributed by atoms with E-state index in [1.54, 1.807) is 0 Å². The average molecular weight is 230 g/mol. The molecule has 1 aromatic rings. The van der Waals surface area contributed by atoms with Crippen molar-refractivity contribution in [3.05, 3.63) is 23.8 Å². The topological polar surface area (TPSA) is 66.6 Å². The predicted molar refractivity (Wildman–Crippen MR) is 57.1 cm³/mol. The van der Waals surface area contributed by atoms with Crippen molar-refractivity contribution in [1.29, 1.82) is 0 Å². The highest BCUT2D eigenvalue weighted by atomic mass is 19.3. The fourth-order valence-corrected chi connectivity index (χ4v) is 1.31. The summed E-state index contributed by atoms with van der Waals surface area (Å²) in [4.78, 5) is 11.9. The number of benzene rings is 1. The van der Waals surface area contributed by atoms with E-state index < -0.39 is 18.9 Å². The summed E-state index contributed by atoms with van der Waals surface area (Å²) in [6.45, 7) is -0.493. The highest BCUT2D eigenvalue weighted by Crippen LogP contribution is 2.24. The van der Waals surface area contributed by atoms with E-state index in [4.69, 9.17) is 10.8 Å². The van der Waals surface area contributed by atoms with E-state index in [1.807, 2.05) is 0 Å². The normalized spacial score (nSPS) is 10.5. The summed E-state index contributed by atoms with van der Waals surface area (Å²) >= 11 is 0. The summed E-state index contributed by atoms with van der Waals surface area (Å²) in [6.07, 6.45) is -2.50. The molecule has 0 saturated carbocycles. The SMILES string of the molecule is CN(CC(F)F)c1cc(C(=O)O)ccc1N. The smallest absolute Gasteiger partial charge is 0.335 e. The zero-order valence-corrected chi connectivity index (χ0v) is 8.65. The van der Waals surface area contributed by atoms with Gasteiger partial charge in [-0.25, -0.2) is 13.6 Å². The van der Waals surface area contributed by atoms with Gasteiger partial charge in [0.25, 0.3) is 6.43 Å². The molecule has 0 heterocycles. The molecule has 0 aliphatic heterocycles. The number of hydrogen-bond acceptors (Lipinski definition) is 3. The fraction of sp³-hybridized carbons (Fsp3) is 0.300. The number of carboxylic acids is 1. The van der Waals surface area contributed by atoms with Crippen LogP contribution in [0.4, 0.5) is 20.2 Å². The largest absolute Gasteiger partial charge is 0.478 e. The minimum absolute atomic E-state index is 0.0188. The van der Waals surface area contributed by atoms with Crippen molar-refractivity contribution in [1.82, 2.24) is 0 Å². The summed E-state index contributed by atoms with van der Waals surface area (Å²) in [5.74, 6) is -1.12. The first kappa shape index (κ1) is 12.2. The van der Waals surface area contributed by atoms with Crippen molar-refractivity contribution in [2.75, 3.05) is 24.2 Å². The van der Waals surface area contributed by atoms with Gasteiger partial charge in [-0.15, -0.1) is 0 Å². The van der Waals surface area contributed by atoms with Crippen LogP contribution in [0.2, 0.25) is 0 Å². The fourth-order valence-electron chi connectivity index (χ4n) is 1.31. The Labute approximate surface area is 91.3 Å². The highest BCUT2D eigenvalue weighted by molar-refractivity contribution is 5.90. The number of aromatic carboxylic acids is 1. The number of nitrogens with zero attached hydrogens (tertiary/aromatic N) is 1. The maximum Gasteiger partial charge on any atom is 0.335 e. The summed E-state index contributed by atoms with van der Waals surface area (Å²) in [6, 6.07) is 4.00. The van der Waals surface area contributed by atoms with Crippen LogP contribution in [0.25, 0.3) is 0 Å². The Balaban J connectivity index is 3.02. The molecular weight excluding hydrogens is 218 g/mol. The number of alkyl halides is 2. The summed E-state index contributed by atoms with van der Waals surface area (Å²) in [5.41, 5.74) is 6.17. The van der Waals surface area contributed by atoms with Crippen LogP contribution in [0, 0.1) is 0 Å². The highest BCUT2D eigenvalue weighted by Gasteiger charge is 2.13. The van der Waals surface area contributed by atoms with Crippen molar-refractivity contribution >= 4 is 17.3 Å². The van der Waals surface area contributed by atoms with Crippen LogP contribution in [0.3, 0.4) is 0 Å². The molecule has 1 aromatic carbocycles. The van der Waals surface area contributed by atoms with Crippen LogP contribution in [0.15, 0.2) is 18.2 Å². The zero-order valence-electron chi connectivity index (χ0n) is 8.65. The number of carboxylic acid groups (broad SMARTS) is 1.